The summed E-state index contributed by atoms with van der Waals surface area (Å²) < 4.78 is 0. The maximum absolute atomic E-state index is 9.75. The first-order valence-electron chi connectivity index (χ1n) is 11.6. The monoisotopic (exact) mass is 360 g/mol. The summed E-state index contributed by atoms with van der Waals surface area (Å²) in [5, 5.41) is 9.75. The standard InChI is InChI=1S/C25H44O/c1-2-3-4-5-6-7-8-9-10-11-12-13-14-15-16-17-18-21-24-22-19-20-23-25(24)26/h19-20,22-23,26H,2-18,21H2,1H3. The van der Waals surface area contributed by atoms with Crippen LogP contribution >= 0.6 is 0 Å². The normalized spacial score (nSPS) is 11.1. The lowest BCUT2D eigenvalue weighted by Gasteiger charge is -2.05. The van der Waals surface area contributed by atoms with Gasteiger partial charge in [0, 0.05) is 0 Å². The highest BCUT2D eigenvalue weighted by Gasteiger charge is 1.99. The molecule has 1 aromatic rings. The zero-order valence-corrected chi connectivity index (χ0v) is 17.5. The summed E-state index contributed by atoms with van der Waals surface area (Å²) in [7, 11) is 0. The van der Waals surface area contributed by atoms with Crippen LogP contribution in [0.5, 0.6) is 5.75 Å². The van der Waals surface area contributed by atoms with E-state index in [-0.39, 0.29) is 0 Å². The van der Waals surface area contributed by atoms with Crippen molar-refractivity contribution in [2.75, 3.05) is 0 Å². The smallest absolute Gasteiger partial charge is 0.118 e. The fourth-order valence-corrected chi connectivity index (χ4v) is 3.76. The first-order valence-corrected chi connectivity index (χ1v) is 11.6. The van der Waals surface area contributed by atoms with Gasteiger partial charge in [0.25, 0.3) is 0 Å². The molecule has 0 aliphatic heterocycles. The largest absolute Gasteiger partial charge is 0.508 e. The molecule has 0 bridgehead atoms. The van der Waals surface area contributed by atoms with Crippen LogP contribution in [0.25, 0.3) is 0 Å². The molecule has 0 heterocycles. The molecule has 0 saturated carbocycles. The van der Waals surface area contributed by atoms with E-state index in [4.69, 9.17) is 0 Å². The van der Waals surface area contributed by atoms with Gasteiger partial charge in [-0.3, -0.25) is 0 Å². The van der Waals surface area contributed by atoms with Gasteiger partial charge < -0.3 is 5.11 Å². The van der Waals surface area contributed by atoms with Crippen LogP contribution in [0.1, 0.15) is 122 Å². The van der Waals surface area contributed by atoms with Crippen molar-refractivity contribution < 1.29 is 5.11 Å². The van der Waals surface area contributed by atoms with Gasteiger partial charge in [-0.25, -0.2) is 0 Å². The van der Waals surface area contributed by atoms with E-state index >= 15 is 0 Å². The Morgan fingerprint density at radius 3 is 1.35 bits per heavy atom. The average molecular weight is 361 g/mol. The Morgan fingerprint density at radius 1 is 0.538 bits per heavy atom. The zero-order chi connectivity index (χ0) is 18.7. The minimum atomic E-state index is 0.462. The van der Waals surface area contributed by atoms with Crippen LogP contribution < -0.4 is 0 Å². The van der Waals surface area contributed by atoms with Gasteiger partial charge in [0.2, 0.25) is 0 Å². The Hall–Kier alpha value is -0.980. The molecule has 0 aliphatic rings. The summed E-state index contributed by atoms with van der Waals surface area (Å²) in [6.07, 6.45) is 25.0. The SMILES string of the molecule is CCCCCCCCCCCCCCCCCCCc1ccccc1O. The van der Waals surface area contributed by atoms with E-state index < -0.39 is 0 Å². The fourth-order valence-electron chi connectivity index (χ4n) is 3.76. The lowest BCUT2D eigenvalue weighted by atomic mass is 10.0. The van der Waals surface area contributed by atoms with Crippen molar-refractivity contribution in [1.82, 2.24) is 0 Å². The molecule has 1 nitrogen and oxygen atoms in total. The highest BCUT2D eigenvalue weighted by atomic mass is 16.3. The van der Waals surface area contributed by atoms with Crippen molar-refractivity contribution in [3.63, 3.8) is 0 Å². The van der Waals surface area contributed by atoms with Gasteiger partial charge in [0.05, 0.1) is 0 Å². The summed E-state index contributed by atoms with van der Waals surface area (Å²) in [5.41, 5.74) is 1.11. The number of hydrogen-bond acceptors (Lipinski definition) is 1. The molecule has 0 aliphatic carbocycles. The second kappa shape index (κ2) is 17.4. The van der Waals surface area contributed by atoms with E-state index in [0.717, 1.165) is 12.0 Å². The number of rotatable bonds is 18. The molecule has 1 aromatic carbocycles. The van der Waals surface area contributed by atoms with E-state index in [2.05, 4.69) is 6.92 Å². The Morgan fingerprint density at radius 2 is 0.923 bits per heavy atom. The van der Waals surface area contributed by atoms with E-state index in [9.17, 15) is 5.11 Å². The second-order valence-corrected chi connectivity index (χ2v) is 8.04. The second-order valence-electron chi connectivity index (χ2n) is 8.04. The molecule has 150 valence electrons. The van der Waals surface area contributed by atoms with E-state index in [1.807, 2.05) is 18.2 Å². The predicted molar refractivity (Wildman–Crippen MR) is 116 cm³/mol. The average Bonchev–Trinajstić information content (AvgIpc) is 2.65. The summed E-state index contributed by atoms with van der Waals surface area (Å²) in [4.78, 5) is 0. The first-order chi connectivity index (χ1) is 12.8. The van der Waals surface area contributed by atoms with Crippen LogP contribution in [0.4, 0.5) is 0 Å². The molecule has 0 saturated heterocycles. The molecule has 0 atom stereocenters. The molecule has 0 spiro atoms. The molecular formula is C25H44O. The summed E-state index contributed by atoms with van der Waals surface area (Å²) in [6.45, 7) is 2.29. The van der Waals surface area contributed by atoms with Crippen molar-refractivity contribution in [2.45, 2.75) is 122 Å². The van der Waals surface area contributed by atoms with Crippen molar-refractivity contribution >= 4 is 0 Å². The van der Waals surface area contributed by atoms with Crippen molar-refractivity contribution in [3.05, 3.63) is 29.8 Å². The van der Waals surface area contributed by atoms with Gasteiger partial charge in [-0.15, -0.1) is 0 Å². The number of para-hydroxylation sites is 1. The number of benzene rings is 1. The van der Waals surface area contributed by atoms with Gasteiger partial charge in [0.15, 0.2) is 0 Å². The van der Waals surface area contributed by atoms with Gasteiger partial charge >= 0.3 is 0 Å². The number of aromatic hydroxyl groups is 1. The Kier molecular flexibility index (Phi) is 15.5. The quantitative estimate of drug-likeness (QED) is 0.260. The van der Waals surface area contributed by atoms with E-state index in [1.165, 1.54) is 109 Å². The lowest BCUT2D eigenvalue weighted by molar-refractivity contribution is 0.465. The molecule has 0 radical (unpaired) electrons. The van der Waals surface area contributed by atoms with Gasteiger partial charge in [-0.05, 0) is 24.5 Å². The van der Waals surface area contributed by atoms with Crippen LogP contribution in [0, 0.1) is 0 Å². The fraction of sp³-hybridized carbons (Fsp3) is 0.760. The highest BCUT2D eigenvalue weighted by molar-refractivity contribution is 5.31. The van der Waals surface area contributed by atoms with Crippen LogP contribution in [0.3, 0.4) is 0 Å². The molecule has 1 heteroatoms. The maximum Gasteiger partial charge on any atom is 0.118 e. The lowest BCUT2D eigenvalue weighted by Crippen LogP contribution is -1.87. The van der Waals surface area contributed by atoms with Gasteiger partial charge in [-0.2, -0.15) is 0 Å². The van der Waals surface area contributed by atoms with Gasteiger partial charge in [-0.1, -0.05) is 128 Å². The molecule has 1 rings (SSSR count). The molecular weight excluding hydrogens is 316 g/mol. The molecule has 0 fully saturated rings. The maximum atomic E-state index is 9.75. The topological polar surface area (TPSA) is 20.2 Å². The van der Waals surface area contributed by atoms with E-state index in [0.29, 0.717) is 5.75 Å². The number of phenolic OH excluding ortho intramolecular Hbond substituents is 1. The van der Waals surface area contributed by atoms with Crippen LogP contribution in [-0.4, -0.2) is 5.11 Å². The van der Waals surface area contributed by atoms with E-state index in [1.54, 1.807) is 6.07 Å². The number of aryl methyl sites for hydroxylation is 1. The first kappa shape index (κ1) is 23.1. The zero-order valence-electron chi connectivity index (χ0n) is 17.5. The number of hydrogen-bond donors (Lipinski definition) is 1. The Balaban J connectivity index is 1.74. The summed E-state index contributed by atoms with van der Waals surface area (Å²) >= 11 is 0. The minimum Gasteiger partial charge on any atom is -0.508 e. The summed E-state index contributed by atoms with van der Waals surface area (Å²) in [5.74, 6) is 0.462. The Labute approximate surface area is 163 Å². The van der Waals surface area contributed by atoms with Crippen molar-refractivity contribution in [2.24, 2.45) is 0 Å². The highest BCUT2D eigenvalue weighted by Crippen LogP contribution is 2.19. The third-order valence-electron chi connectivity index (χ3n) is 5.54. The van der Waals surface area contributed by atoms with Crippen LogP contribution in [-0.2, 0) is 6.42 Å². The third kappa shape index (κ3) is 13.3. The summed E-state index contributed by atoms with van der Waals surface area (Å²) in [6, 6.07) is 7.75. The molecule has 1 N–H and O–H groups in total. The van der Waals surface area contributed by atoms with Crippen LogP contribution in [0.15, 0.2) is 24.3 Å². The molecule has 26 heavy (non-hydrogen) atoms. The number of unbranched alkanes of at least 4 members (excludes halogenated alkanes) is 16. The Bertz CT molecular complexity index is 412. The predicted octanol–water partition coefficient (Wildman–Crippen LogP) is 8.59. The molecule has 0 unspecified atom stereocenters. The number of phenols is 1. The minimum absolute atomic E-state index is 0.462. The molecule has 0 amide bonds. The van der Waals surface area contributed by atoms with Gasteiger partial charge in [0.1, 0.15) is 5.75 Å². The van der Waals surface area contributed by atoms with Crippen molar-refractivity contribution in [1.29, 1.82) is 0 Å². The molecule has 0 aromatic heterocycles. The third-order valence-corrected chi connectivity index (χ3v) is 5.54. The van der Waals surface area contributed by atoms with Crippen LogP contribution in [0.2, 0.25) is 0 Å². The van der Waals surface area contributed by atoms with Crippen molar-refractivity contribution in [3.8, 4) is 5.75 Å².